The van der Waals surface area contributed by atoms with E-state index in [1.807, 2.05) is 0 Å². The van der Waals surface area contributed by atoms with Gasteiger partial charge in [0.2, 0.25) is 0 Å². The van der Waals surface area contributed by atoms with Crippen molar-refractivity contribution in [3.63, 3.8) is 0 Å². The standard InChI is InChI=1S/C26H24F3N5O5.FHO/c1-15(14-35)31-22(36)20-13-33(19-8-6-18(7-9-19)32-11-10-30-24(32)38)25(39)34(23(20)37)12-17-4-3-5-21(16(17)2)26(27,28)29;1-2/h3-9,13-15H,10-12H2,1-2H3,(H,30,38)(H,31,36);2H. The van der Waals surface area contributed by atoms with E-state index in [0.717, 1.165) is 16.8 Å². The smallest absolute Gasteiger partial charge is 0.343 e. The van der Waals surface area contributed by atoms with Gasteiger partial charge in [0.05, 0.1) is 23.8 Å². The predicted octanol–water partition coefficient (Wildman–Crippen LogP) is 2.08. The number of amides is 3. The number of halogens is 4. The number of alkyl halides is 3. The van der Waals surface area contributed by atoms with Crippen molar-refractivity contribution in [2.24, 2.45) is 0 Å². The van der Waals surface area contributed by atoms with Crippen LogP contribution < -0.4 is 26.8 Å². The summed E-state index contributed by atoms with van der Waals surface area (Å²) in [6.07, 6.45) is -3.18. The van der Waals surface area contributed by atoms with Gasteiger partial charge in [0, 0.05) is 25.0 Å². The molecule has 1 aliphatic heterocycles. The van der Waals surface area contributed by atoms with Gasteiger partial charge < -0.3 is 15.4 Å². The summed E-state index contributed by atoms with van der Waals surface area (Å²) in [7, 11) is 0. The molecule has 41 heavy (non-hydrogen) atoms. The highest BCUT2D eigenvalue weighted by Crippen LogP contribution is 2.33. The van der Waals surface area contributed by atoms with E-state index in [9.17, 15) is 37.1 Å². The van der Waals surface area contributed by atoms with E-state index < -0.39 is 47.0 Å². The van der Waals surface area contributed by atoms with Crippen LogP contribution in [0.2, 0.25) is 0 Å². The van der Waals surface area contributed by atoms with Crippen LogP contribution in [0.3, 0.4) is 0 Å². The number of anilines is 1. The number of carbonyl (C=O) groups excluding carboxylic acids is 3. The highest BCUT2D eigenvalue weighted by molar-refractivity contribution is 5.95. The zero-order valence-electron chi connectivity index (χ0n) is 21.7. The molecule has 15 heteroatoms. The normalized spacial score (nSPS) is 13.6. The lowest BCUT2D eigenvalue weighted by molar-refractivity contribution is -0.138. The molecule has 2 aromatic carbocycles. The molecule has 1 unspecified atom stereocenters. The first-order valence-corrected chi connectivity index (χ1v) is 12.0. The lowest BCUT2D eigenvalue weighted by atomic mass is 10.0. The van der Waals surface area contributed by atoms with E-state index in [-0.39, 0.29) is 22.8 Å². The average Bonchev–Trinajstić information content (AvgIpc) is 3.38. The van der Waals surface area contributed by atoms with Crippen molar-refractivity contribution >= 4 is 23.9 Å². The summed E-state index contributed by atoms with van der Waals surface area (Å²) >= 11 is 0. The summed E-state index contributed by atoms with van der Waals surface area (Å²) in [5.74, 6) is -0.937. The minimum Gasteiger partial charge on any atom is -0.343 e. The summed E-state index contributed by atoms with van der Waals surface area (Å²) in [5.41, 5.74) is -2.66. The molecule has 218 valence electrons. The molecule has 0 radical (unpaired) electrons. The minimum atomic E-state index is -4.65. The molecule has 3 N–H and O–H groups in total. The third-order valence-electron chi connectivity index (χ3n) is 6.35. The van der Waals surface area contributed by atoms with Gasteiger partial charge in [-0.2, -0.15) is 13.2 Å². The monoisotopic (exact) mass is 579 g/mol. The zero-order valence-corrected chi connectivity index (χ0v) is 21.7. The molecule has 2 heterocycles. The van der Waals surface area contributed by atoms with Gasteiger partial charge in [-0.1, -0.05) is 16.7 Å². The SMILES string of the molecule is Cc1c(Cn2c(=O)c(C(=O)NC(C)C=O)cn(-c3ccc(N4CCNC4=O)cc3)c2=O)cccc1C(F)(F)F.OF. The number of hydrogen-bond donors (Lipinski definition) is 3. The van der Waals surface area contributed by atoms with Gasteiger partial charge in [-0.25, -0.2) is 14.9 Å². The molecule has 0 spiro atoms. The second-order valence-corrected chi connectivity index (χ2v) is 8.97. The lowest BCUT2D eigenvalue weighted by Gasteiger charge is -2.18. The second kappa shape index (κ2) is 12.6. The van der Waals surface area contributed by atoms with Gasteiger partial charge in [-0.15, -0.1) is 0 Å². The highest BCUT2D eigenvalue weighted by atomic mass is 19.4. The Morgan fingerprint density at radius 3 is 2.29 bits per heavy atom. The van der Waals surface area contributed by atoms with Crippen LogP contribution in [0.15, 0.2) is 58.3 Å². The van der Waals surface area contributed by atoms with Crippen molar-refractivity contribution in [1.29, 1.82) is 0 Å². The molecule has 1 saturated heterocycles. The van der Waals surface area contributed by atoms with Crippen LogP contribution in [0.4, 0.5) is 28.2 Å². The van der Waals surface area contributed by atoms with E-state index in [0.29, 0.717) is 29.6 Å². The summed E-state index contributed by atoms with van der Waals surface area (Å²) < 4.78 is 50.6. The minimum absolute atomic E-state index is 0.0600. The maximum absolute atomic E-state index is 13.5. The number of hydrogen-bond acceptors (Lipinski definition) is 6. The molecular formula is C26H25F4N5O6. The third kappa shape index (κ3) is 6.51. The highest BCUT2D eigenvalue weighted by Gasteiger charge is 2.33. The molecule has 0 bridgehead atoms. The Kier molecular flexibility index (Phi) is 9.44. The molecule has 1 aromatic heterocycles. The summed E-state index contributed by atoms with van der Waals surface area (Å²) in [5, 5.41) is 10.5. The van der Waals surface area contributed by atoms with Crippen molar-refractivity contribution in [3.8, 4) is 5.69 Å². The fourth-order valence-corrected chi connectivity index (χ4v) is 4.24. The average molecular weight is 580 g/mol. The molecule has 3 amide bonds. The summed E-state index contributed by atoms with van der Waals surface area (Å²) in [4.78, 5) is 64.1. The Bertz CT molecular complexity index is 1570. The second-order valence-electron chi connectivity index (χ2n) is 8.97. The molecule has 0 saturated carbocycles. The number of aromatic nitrogens is 2. The van der Waals surface area contributed by atoms with Gasteiger partial charge in [-0.05, 0) is 55.3 Å². The van der Waals surface area contributed by atoms with E-state index >= 15 is 0 Å². The van der Waals surface area contributed by atoms with Crippen LogP contribution in [-0.2, 0) is 17.5 Å². The number of benzene rings is 2. The Hall–Kier alpha value is -4.79. The van der Waals surface area contributed by atoms with Crippen molar-refractivity contribution in [3.05, 3.63) is 91.8 Å². The molecule has 1 atom stereocenters. The maximum Gasteiger partial charge on any atom is 0.416 e. The van der Waals surface area contributed by atoms with Gasteiger partial charge in [0.25, 0.3) is 11.5 Å². The van der Waals surface area contributed by atoms with Crippen molar-refractivity contribution < 1.29 is 37.4 Å². The van der Waals surface area contributed by atoms with Crippen LogP contribution in [0.25, 0.3) is 5.69 Å². The van der Waals surface area contributed by atoms with Gasteiger partial charge >= 0.3 is 17.9 Å². The summed E-state index contributed by atoms with van der Waals surface area (Å²) in [6, 6.07) is 8.36. The van der Waals surface area contributed by atoms with Crippen LogP contribution >= 0.6 is 0 Å². The molecular weight excluding hydrogens is 554 g/mol. The molecule has 1 fully saturated rings. The summed E-state index contributed by atoms with van der Waals surface area (Å²) in [6.45, 7) is 3.00. The largest absolute Gasteiger partial charge is 0.416 e. The third-order valence-corrected chi connectivity index (χ3v) is 6.35. The van der Waals surface area contributed by atoms with E-state index in [1.54, 1.807) is 12.1 Å². The fourth-order valence-electron chi connectivity index (χ4n) is 4.24. The lowest BCUT2D eigenvalue weighted by Crippen LogP contribution is -2.45. The number of carbonyl (C=O) groups is 3. The molecule has 3 aromatic rings. The van der Waals surface area contributed by atoms with Crippen LogP contribution in [0.5, 0.6) is 0 Å². The molecule has 11 nitrogen and oxygen atoms in total. The number of nitrogens with zero attached hydrogens (tertiary/aromatic N) is 3. The van der Waals surface area contributed by atoms with Crippen molar-refractivity contribution in [2.45, 2.75) is 32.6 Å². The fraction of sp³-hybridized carbons (Fsp3) is 0.269. The van der Waals surface area contributed by atoms with Gasteiger partial charge in [0.15, 0.2) is 0 Å². The first-order chi connectivity index (χ1) is 19.4. The Balaban J connectivity index is 0.00000226. The first-order valence-electron chi connectivity index (χ1n) is 12.0. The van der Waals surface area contributed by atoms with E-state index in [4.69, 9.17) is 9.84 Å². The quantitative estimate of drug-likeness (QED) is 0.289. The Morgan fingerprint density at radius 2 is 1.73 bits per heavy atom. The first kappa shape index (κ1) is 30.7. The van der Waals surface area contributed by atoms with Crippen LogP contribution in [0.1, 0.15) is 34.0 Å². The Labute approximate surface area is 229 Å². The van der Waals surface area contributed by atoms with Crippen LogP contribution in [0, 0.1) is 6.92 Å². The number of nitrogens with one attached hydrogen (secondary N) is 2. The van der Waals surface area contributed by atoms with E-state index in [1.165, 1.54) is 43.0 Å². The van der Waals surface area contributed by atoms with Crippen molar-refractivity contribution in [1.82, 2.24) is 19.8 Å². The van der Waals surface area contributed by atoms with Gasteiger partial charge in [0.1, 0.15) is 11.8 Å². The number of urea groups is 1. The van der Waals surface area contributed by atoms with Crippen molar-refractivity contribution in [2.75, 3.05) is 18.0 Å². The van der Waals surface area contributed by atoms with Crippen LogP contribution in [-0.4, -0.2) is 51.8 Å². The number of rotatable bonds is 7. The number of aldehydes is 1. The Morgan fingerprint density at radius 1 is 1.10 bits per heavy atom. The van der Waals surface area contributed by atoms with E-state index in [2.05, 4.69) is 10.6 Å². The molecule has 1 aliphatic rings. The molecule has 0 aliphatic carbocycles. The predicted molar refractivity (Wildman–Crippen MR) is 139 cm³/mol. The molecule has 4 rings (SSSR count). The van der Waals surface area contributed by atoms with Gasteiger partial charge in [-0.3, -0.25) is 23.6 Å². The maximum atomic E-state index is 13.5. The topological polar surface area (TPSA) is 143 Å². The zero-order chi connectivity index (χ0) is 30.5.